The number of hydrogen-bond acceptors (Lipinski definition) is 2. The fourth-order valence-electron chi connectivity index (χ4n) is 10.8. The van der Waals surface area contributed by atoms with Crippen molar-refractivity contribution >= 4 is 110 Å². The van der Waals surface area contributed by atoms with Gasteiger partial charge in [-0.3, -0.25) is 0 Å². The molecule has 9 aromatic carbocycles. The molecule has 0 fully saturated rings. The van der Waals surface area contributed by atoms with E-state index in [0.29, 0.717) is 76.2 Å². The molecule has 0 aliphatic carbocycles. The van der Waals surface area contributed by atoms with Gasteiger partial charge in [0.1, 0.15) is 0 Å². The first kappa shape index (κ1) is 27.7. The Labute approximate surface area is 451 Å². The number of aromatic nitrogens is 2. The summed E-state index contributed by atoms with van der Waals surface area (Å²) in [7, 11) is 0. The second kappa shape index (κ2) is 15.8. The summed E-state index contributed by atoms with van der Waals surface area (Å²) in [5.74, 6) is -0.924. The average molecular weight is 955 g/mol. The van der Waals surface area contributed by atoms with E-state index in [1.165, 1.54) is 9.80 Å². The lowest BCUT2D eigenvalue weighted by atomic mass is 9.85. The number of benzene rings is 9. The maximum atomic E-state index is 10.9. The van der Waals surface area contributed by atoms with E-state index in [-0.39, 0.29) is 70.1 Å². The zero-order chi connectivity index (χ0) is 66.9. The molecule has 0 N–H and O–H groups in total. The van der Waals surface area contributed by atoms with Gasteiger partial charge in [0.05, 0.1) is 71.9 Å². The van der Waals surface area contributed by atoms with Gasteiger partial charge in [-0.05, 0) is 117 Å². The average Bonchev–Trinajstić information content (AvgIpc) is 1.49. The number of anilines is 6. The highest BCUT2D eigenvalue weighted by molar-refractivity contribution is 6.32. The molecule has 4 heteroatoms. The van der Waals surface area contributed by atoms with Crippen molar-refractivity contribution in [2.24, 2.45) is 0 Å². The summed E-state index contributed by atoms with van der Waals surface area (Å²) in [4.78, 5) is 2.48. The third kappa shape index (κ3) is 6.43. The van der Waals surface area contributed by atoms with Gasteiger partial charge in [-0.15, -0.1) is 0 Å². The van der Waals surface area contributed by atoms with Gasteiger partial charge < -0.3 is 18.6 Å². The molecule has 0 atom stereocenters. The van der Waals surface area contributed by atoms with E-state index in [0.717, 1.165) is 11.1 Å². The first-order chi connectivity index (χ1) is 43.0. The molecule has 0 saturated carbocycles. The molecule has 13 aromatic rings. The summed E-state index contributed by atoms with van der Waals surface area (Å²) < 4.78 is 193. The lowest BCUT2D eigenvalue weighted by Gasteiger charge is -2.27. The standard InChI is InChI=1S/C68H62N4/c1-41(2)43-27-31-47(32-28-43)69(45-19-13-11-14-20-45)57-37-35-49-53-39-60-54(40-59(53)71-63-51(61(57)65(49)71)23-17-25-55(63)67(5,6)7)50-36-38-58(62-52-24-18-26-56(68(8,9)10)64(52)72(60)66(50)62)70(46-21-15-12-16-22-46)48-33-29-44(30-34-48)42(3)4/h11-42H,1-10H3/i11D,12D,13D,14D,15D,16D,19D,20D,21D,22D,27D,28D,29D,30D,31D,32D,33D,34D,39D,40D. The quantitative estimate of drug-likeness (QED) is 0.151. The van der Waals surface area contributed by atoms with E-state index in [2.05, 4.69) is 0 Å². The fraction of sp³-hybridized carbons (Fsp3) is 0.206. The molecule has 0 bridgehead atoms. The van der Waals surface area contributed by atoms with Crippen LogP contribution in [0.2, 0.25) is 0 Å². The molecule has 72 heavy (non-hydrogen) atoms. The Hall–Kier alpha value is -7.82. The van der Waals surface area contributed by atoms with Gasteiger partial charge in [0.2, 0.25) is 0 Å². The summed E-state index contributed by atoms with van der Waals surface area (Å²) in [5.41, 5.74) is 1.97. The Bertz CT molecular complexity index is 5010. The van der Waals surface area contributed by atoms with Gasteiger partial charge in [0.25, 0.3) is 0 Å². The SMILES string of the molecule is [2H]c1c([2H])c([2H])c(N(c2c([2H])c([2H])c(C(C)C)c([2H])c2[2H])c2ccc3c4c([2H])c5c(c([2H])c4n4c6c(C(C)(C)C)cccc6c2c34)c2ccc(N(c3c([2H])c([2H])c([2H])c([2H])c3[2H])c3c([2H])c([2H])c(C(C)C)c([2H])c3[2H])c3c4cccc(C(C)(C)C)c4n5c23)c([2H])c1[2H]. The van der Waals surface area contributed by atoms with E-state index in [9.17, 15) is 19.2 Å². The Morgan fingerprint density at radius 3 is 1.10 bits per heavy atom. The third-order valence-corrected chi connectivity index (χ3v) is 14.1. The van der Waals surface area contributed by atoms with Crippen LogP contribution in [0.5, 0.6) is 0 Å². The largest absolute Gasteiger partial charge is 0.310 e. The molecule has 354 valence electrons. The van der Waals surface area contributed by atoms with Crippen molar-refractivity contribution in [1.29, 1.82) is 0 Å². The van der Waals surface area contributed by atoms with Gasteiger partial charge in [-0.25, -0.2) is 0 Å². The van der Waals surface area contributed by atoms with Crippen LogP contribution in [0.15, 0.2) is 182 Å². The normalized spacial score (nSPS) is 16.7. The van der Waals surface area contributed by atoms with Gasteiger partial charge >= 0.3 is 0 Å². The van der Waals surface area contributed by atoms with Crippen LogP contribution in [0.1, 0.15) is 131 Å². The van der Waals surface area contributed by atoms with E-state index in [1.807, 2.05) is 86.7 Å². The van der Waals surface area contributed by atoms with Gasteiger partial charge in [0.15, 0.2) is 0 Å². The molecular formula is C68H62N4. The summed E-state index contributed by atoms with van der Waals surface area (Å²) in [6.45, 7) is 19.2. The van der Waals surface area contributed by atoms with Crippen LogP contribution in [0.25, 0.3) is 76.2 Å². The molecular weight excluding hydrogens is 873 g/mol. The smallest absolute Gasteiger partial charge is 0.0653 e. The molecule has 4 nitrogen and oxygen atoms in total. The van der Waals surface area contributed by atoms with Crippen LogP contribution in [0, 0.1) is 0 Å². The minimum absolute atomic E-state index is 0.0249. The summed E-state index contributed by atoms with van der Waals surface area (Å²) in [6.07, 6.45) is 0. The number of rotatable bonds is 8. The van der Waals surface area contributed by atoms with Crippen LogP contribution in [0.3, 0.4) is 0 Å². The molecule has 0 saturated heterocycles. The van der Waals surface area contributed by atoms with Crippen LogP contribution < -0.4 is 9.80 Å². The minimum atomic E-state index is -0.698. The maximum absolute atomic E-state index is 10.9. The molecule has 0 unspecified atom stereocenters. The monoisotopic (exact) mass is 955 g/mol. The van der Waals surface area contributed by atoms with E-state index in [4.69, 9.17) is 8.22 Å². The molecule has 0 aliphatic rings. The van der Waals surface area contributed by atoms with Crippen molar-refractivity contribution in [3.63, 3.8) is 0 Å². The van der Waals surface area contributed by atoms with Crippen molar-refractivity contribution < 1.29 is 27.4 Å². The second-order valence-corrected chi connectivity index (χ2v) is 21.4. The predicted octanol–water partition coefficient (Wildman–Crippen LogP) is 19.8. The summed E-state index contributed by atoms with van der Waals surface area (Å²) in [5, 5.41) is 3.51. The Morgan fingerprint density at radius 1 is 0.389 bits per heavy atom. The van der Waals surface area contributed by atoms with Crippen molar-refractivity contribution in [1.82, 2.24) is 8.80 Å². The third-order valence-electron chi connectivity index (χ3n) is 14.1. The fourth-order valence-corrected chi connectivity index (χ4v) is 10.8. The highest BCUT2D eigenvalue weighted by Crippen LogP contribution is 2.53. The zero-order valence-electron chi connectivity index (χ0n) is 61.7. The van der Waals surface area contributed by atoms with Crippen molar-refractivity contribution in [3.8, 4) is 0 Å². The molecule has 0 aliphatic heterocycles. The second-order valence-electron chi connectivity index (χ2n) is 21.4. The topological polar surface area (TPSA) is 15.3 Å². The van der Waals surface area contributed by atoms with Crippen LogP contribution in [-0.2, 0) is 10.8 Å². The molecule has 13 rings (SSSR count). The Balaban J connectivity index is 1.25. The first-order valence-corrected chi connectivity index (χ1v) is 24.4. The Kier molecular flexibility index (Phi) is 6.09. The summed E-state index contributed by atoms with van der Waals surface area (Å²) in [6, 6.07) is 7.65. The van der Waals surface area contributed by atoms with E-state index >= 15 is 0 Å². The molecule has 4 heterocycles. The minimum Gasteiger partial charge on any atom is -0.310 e. The van der Waals surface area contributed by atoms with Crippen LogP contribution in [-0.4, -0.2) is 8.80 Å². The highest BCUT2D eigenvalue weighted by Gasteiger charge is 2.31. The van der Waals surface area contributed by atoms with E-state index < -0.39 is 119 Å². The predicted molar refractivity (Wildman–Crippen MR) is 311 cm³/mol. The number of fused-ring (bicyclic) bond motifs is 12. The van der Waals surface area contributed by atoms with Gasteiger partial charge in [-0.1, -0.05) is 178 Å². The van der Waals surface area contributed by atoms with Gasteiger partial charge in [0, 0.05) is 65.8 Å². The zero-order valence-corrected chi connectivity index (χ0v) is 41.7. The number of nitrogens with zero attached hydrogens (tertiary/aromatic N) is 4. The van der Waals surface area contributed by atoms with E-state index in [1.54, 1.807) is 52.0 Å². The van der Waals surface area contributed by atoms with Crippen LogP contribution in [0.4, 0.5) is 34.1 Å². The molecule has 0 radical (unpaired) electrons. The van der Waals surface area contributed by atoms with Crippen molar-refractivity contribution in [3.05, 3.63) is 204 Å². The lowest BCUT2D eigenvalue weighted by molar-refractivity contribution is 0.594. The Morgan fingerprint density at radius 2 is 0.750 bits per heavy atom. The molecule has 0 spiro atoms. The molecule has 4 aromatic heterocycles. The number of para-hydroxylation sites is 4. The maximum Gasteiger partial charge on any atom is 0.0653 e. The first-order valence-electron chi connectivity index (χ1n) is 34.4. The highest BCUT2D eigenvalue weighted by atomic mass is 15.2. The number of hydrogen-bond donors (Lipinski definition) is 0. The summed E-state index contributed by atoms with van der Waals surface area (Å²) >= 11 is 0. The van der Waals surface area contributed by atoms with Crippen molar-refractivity contribution in [2.75, 3.05) is 9.80 Å². The van der Waals surface area contributed by atoms with Crippen LogP contribution >= 0.6 is 0 Å². The van der Waals surface area contributed by atoms with Crippen molar-refractivity contribution in [2.45, 2.75) is 91.9 Å². The lowest BCUT2D eigenvalue weighted by Crippen LogP contribution is -2.12. The molecule has 0 amide bonds. The van der Waals surface area contributed by atoms with Gasteiger partial charge in [-0.2, -0.15) is 0 Å².